The van der Waals surface area contributed by atoms with Crippen molar-refractivity contribution in [3.05, 3.63) is 0 Å². The highest BCUT2D eigenvalue weighted by Gasteiger charge is 2.27. The summed E-state index contributed by atoms with van der Waals surface area (Å²) in [5.41, 5.74) is 0. The standard InChI is InChI=1S/C16H34O4S/c1-3-4-5-6-7-8-9-10-11-12-13-14-16(15(2)17)21(18,19)20/h15-17H,3-14H2,1-2H3,(H,18,19,20). The van der Waals surface area contributed by atoms with Gasteiger partial charge >= 0.3 is 0 Å². The molecule has 2 N–H and O–H groups in total. The van der Waals surface area contributed by atoms with Crippen LogP contribution in [0.1, 0.15) is 90.9 Å². The van der Waals surface area contributed by atoms with E-state index in [1.807, 2.05) is 0 Å². The van der Waals surface area contributed by atoms with Gasteiger partial charge in [-0.3, -0.25) is 4.55 Å². The Morgan fingerprint density at radius 2 is 1.19 bits per heavy atom. The number of aliphatic hydroxyl groups excluding tert-OH is 1. The summed E-state index contributed by atoms with van der Waals surface area (Å²) in [7, 11) is -4.13. The topological polar surface area (TPSA) is 74.6 Å². The Hall–Kier alpha value is -0.130. The maximum absolute atomic E-state index is 11.1. The van der Waals surface area contributed by atoms with Gasteiger partial charge in [-0.05, 0) is 13.3 Å². The van der Waals surface area contributed by atoms with Crippen LogP contribution in [0, 0.1) is 0 Å². The van der Waals surface area contributed by atoms with Crippen LogP contribution in [0.4, 0.5) is 0 Å². The van der Waals surface area contributed by atoms with E-state index >= 15 is 0 Å². The van der Waals surface area contributed by atoms with Gasteiger partial charge in [-0.2, -0.15) is 8.42 Å². The molecule has 21 heavy (non-hydrogen) atoms. The zero-order valence-electron chi connectivity index (χ0n) is 13.8. The van der Waals surface area contributed by atoms with Crippen LogP contribution in [0.3, 0.4) is 0 Å². The van der Waals surface area contributed by atoms with Gasteiger partial charge in [0.15, 0.2) is 0 Å². The minimum absolute atomic E-state index is 0.341. The van der Waals surface area contributed by atoms with E-state index in [1.54, 1.807) is 0 Å². The van der Waals surface area contributed by atoms with Crippen molar-refractivity contribution in [2.45, 2.75) is 102 Å². The van der Waals surface area contributed by atoms with E-state index in [2.05, 4.69) is 6.92 Å². The van der Waals surface area contributed by atoms with Crippen LogP contribution in [0.25, 0.3) is 0 Å². The maximum Gasteiger partial charge on any atom is 0.270 e. The molecular weight excluding hydrogens is 288 g/mol. The van der Waals surface area contributed by atoms with Gasteiger partial charge in [0.2, 0.25) is 0 Å². The monoisotopic (exact) mass is 322 g/mol. The fourth-order valence-corrected chi connectivity index (χ4v) is 3.61. The Morgan fingerprint density at radius 3 is 1.52 bits per heavy atom. The van der Waals surface area contributed by atoms with E-state index in [0.29, 0.717) is 6.42 Å². The molecule has 0 bridgehead atoms. The minimum Gasteiger partial charge on any atom is -0.392 e. The van der Waals surface area contributed by atoms with Crippen molar-refractivity contribution in [3.8, 4) is 0 Å². The molecule has 0 aliphatic heterocycles. The van der Waals surface area contributed by atoms with Crippen LogP contribution in [-0.4, -0.2) is 29.4 Å². The lowest BCUT2D eigenvalue weighted by molar-refractivity contribution is 0.178. The predicted octanol–water partition coefficient (Wildman–Crippen LogP) is 4.32. The molecular formula is C16H34O4S. The summed E-state index contributed by atoms with van der Waals surface area (Å²) in [5, 5.41) is 8.34. The van der Waals surface area contributed by atoms with Crippen molar-refractivity contribution < 1.29 is 18.1 Å². The van der Waals surface area contributed by atoms with Gasteiger partial charge in [-0.1, -0.05) is 77.6 Å². The Balaban J connectivity index is 3.47. The summed E-state index contributed by atoms with van der Waals surface area (Å²) in [6.07, 6.45) is 12.5. The summed E-state index contributed by atoms with van der Waals surface area (Å²) in [5.74, 6) is 0. The average molecular weight is 323 g/mol. The molecule has 0 amide bonds. The van der Waals surface area contributed by atoms with E-state index in [0.717, 1.165) is 19.3 Å². The number of unbranched alkanes of at least 4 members (excludes halogenated alkanes) is 10. The Bertz CT molecular complexity index is 325. The molecule has 0 spiro atoms. The predicted molar refractivity (Wildman–Crippen MR) is 88.1 cm³/mol. The first-order valence-corrected chi connectivity index (χ1v) is 10.0. The lowest BCUT2D eigenvalue weighted by Crippen LogP contribution is -2.31. The summed E-state index contributed by atoms with van der Waals surface area (Å²) >= 11 is 0. The third-order valence-corrected chi connectivity index (χ3v) is 5.41. The van der Waals surface area contributed by atoms with Crippen molar-refractivity contribution in [2.75, 3.05) is 0 Å². The third-order valence-electron chi connectivity index (χ3n) is 4.01. The quantitative estimate of drug-likeness (QED) is 0.369. The van der Waals surface area contributed by atoms with Crippen LogP contribution in [0.2, 0.25) is 0 Å². The summed E-state index contributed by atoms with van der Waals surface area (Å²) in [4.78, 5) is 0. The van der Waals surface area contributed by atoms with Crippen LogP contribution in [0.15, 0.2) is 0 Å². The highest BCUT2D eigenvalue weighted by Crippen LogP contribution is 2.16. The Morgan fingerprint density at radius 1 is 0.810 bits per heavy atom. The van der Waals surface area contributed by atoms with Gasteiger partial charge in [-0.15, -0.1) is 0 Å². The van der Waals surface area contributed by atoms with Crippen LogP contribution < -0.4 is 0 Å². The first-order chi connectivity index (χ1) is 9.89. The van der Waals surface area contributed by atoms with Crippen molar-refractivity contribution in [1.29, 1.82) is 0 Å². The molecule has 0 aromatic rings. The zero-order chi connectivity index (χ0) is 16.1. The molecule has 0 aliphatic carbocycles. The first-order valence-electron chi connectivity index (χ1n) is 8.54. The van der Waals surface area contributed by atoms with E-state index in [9.17, 15) is 13.5 Å². The molecule has 0 fully saturated rings. The lowest BCUT2D eigenvalue weighted by atomic mass is 10.0. The number of rotatable bonds is 14. The molecule has 0 radical (unpaired) electrons. The molecule has 4 nitrogen and oxygen atoms in total. The smallest absolute Gasteiger partial charge is 0.270 e. The van der Waals surface area contributed by atoms with E-state index < -0.39 is 21.5 Å². The van der Waals surface area contributed by atoms with Gasteiger partial charge in [-0.25, -0.2) is 0 Å². The molecule has 128 valence electrons. The van der Waals surface area contributed by atoms with Gasteiger partial charge in [0.1, 0.15) is 5.25 Å². The zero-order valence-corrected chi connectivity index (χ0v) is 14.6. The van der Waals surface area contributed by atoms with Gasteiger partial charge in [0.05, 0.1) is 6.10 Å². The average Bonchev–Trinajstić information content (AvgIpc) is 2.38. The van der Waals surface area contributed by atoms with Crippen molar-refractivity contribution >= 4 is 10.1 Å². The van der Waals surface area contributed by atoms with Crippen molar-refractivity contribution in [2.24, 2.45) is 0 Å². The number of hydrogen-bond acceptors (Lipinski definition) is 3. The fraction of sp³-hybridized carbons (Fsp3) is 1.00. The van der Waals surface area contributed by atoms with Crippen LogP contribution in [-0.2, 0) is 10.1 Å². The molecule has 2 unspecified atom stereocenters. The SMILES string of the molecule is CCCCCCCCCCCCCC(C(C)O)S(=O)(=O)O. The largest absolute Gasteiger partial charge is 0.392 e. The molecule has 0 aromatic carbocycles. The fourth-order valence-electron chi connectivity index (χ4n) is 2.65. The molecule has 0 aromatic heterocycles. The molecule has 5 heteroatoms. The summed E-state index contributed by atoms with van der Waals surface area (Å²) < 4.78 is 31.2. The van der Waals surface area contributed by atoms with E-state index in [4.69, 9.17) is 4.55 Å². The first kappa shape index (κ1) is 20.9. The minimum atomic E-state index is -4.13. The van der Waals surface area contributed by atoms with Crippen molar-refractivity contribution in [1.82, 2.24) is 0 Å². The Kier molecular flexibility index (Phi) is 12.3. The summed E-state index contributed by atoms with van der Waals surface area (Å²) in [6, 6.07) is 0. The number of hydrogen-bond donors (Lipinski definition) is 2. The van der Waals surface area contributed by atoms with Gasteiger partial charge in [0.25, 0.3) is 10.1 Å². The third kappa shape index (κ3) is 12.1. The molecule has 0 heterocycles. The van der Waals surface area contributed by atoms with Gasteiger partial charge < -0.3 is 5.11 Å². The maximum atomic E-state index is 11.1. The second-order valence-electron chi connectivity index (χ2n) is 6.12. The Labute approximate surface area is 131 Å². The van der Waals surface area contributed by atoms with Crippen LogP contribution >= 0.6 is 0 Å². The normalized spacial score (nSPS) is 15.0. The molecule has 0 saturated carbocycles. The highest BCUT2D eigenvalue weighted by atomic mass is 32.2. The lowest BCUT2D eigenvalue weighted by Gasteiger charge is -2.16. The van der Waals surface area contributed by atoms with E-state index in [1.165, 1.54) is 58.3 Å². The van der Waals surface area contributed by atoms with Crippen molar-refractivity contribution in [3.63, 3.8) is 0 Å². The van der Waals surface area contributed by atoms with Gasteiger partial charge in [0, 0.05) is 0 Å². The molecule has 0 rings (SSSR count). The molecule has 0 saturated heterocycles. The molecule has 2 atom stereocenters. The van der Waals surface area contributed by atoms with Crippen LogP contribution in [0.5, 0.6) is 0 Å². The summed E-state index contributed by atoms with van der Waals surface area (Å²) in [6.45, 7) is 3.64. The second-order valence-corrected chi connectivity index (χ2v) is 7.75. The second kappa shape index (κ2) is 12.4. The highest BCUT2D eigenvalue weighted by molar-refractivity contribution is 7.86. The van der Waals surface area contributed by atoms with E-state index in [-0.39, 0.29) is 0 Å². The number of aliphatic hydroxyl groups is 1. The molecule has 0 aliphatic rings.